The van der Waals surface area contributed by atoms with Gasteiger partial charge < -0.3 is 4.90 Å². The fraction of sp³-hybridized carbons (Fsp3) is 0.400. The number of rotatable bonds is 6. The molecule has 0 spiro atoms. The van der Waals surface area contributed by atoms with E-state index in [9.17, 15) is 4.79 Å². The molecule has 2 heterocycles. The summed E-state index contributed by atoms with van der Waals surface area (Å²) in [6.45, 7) is 5.56. The van der Waals surface area contributed by atoms with Crippen LogP contribution in [0.2, 0.25) is 0 Å². The van der Waals surface area contributed by atoms with Crippen LogP contribution in [-0.4, -0.2) is 33.9 Å². The molecule has 0 aliphatic carbocycles. The van der Waals surface area contributed by atoms with E-state index in [-0.39, 0.29) is 5.91 Å². The summed E-state index contributed by atoms with van der Waals surface area (Å²) >= 11 is 1.61. The molecular formula is C15H19N3OS. The van der Waals surface area contributed by atoms with Gasteiger partial charge in [0.25, 0.3) is 0 Å². The van der Waals surface area contributed by atoms with Gasteiger partial charge in [0.15, 0.2) is 0 Å². The molecule has 0 fully saturated rings. The number of carbonyl (C=O) groups is 1. The van der Waals surface area contributed by atoms with E-state index in [4.69, 9.17) is 0 Å². The number of hydrogen-bond donors (Lipinski definition) is 0. The highest BCUT2D eigenvalue weighted by Crippen LogP contribution is 2.21. The Labute approximate surface area is 123 Å². The summed E-state index contributed by atoms with van der Waals surface area (Å²) in [5.41, 5.74) is 2.03. The number of thiazole rings is 1. The van der Waals surface area contributed by atoms with Crippen molar-refractivity contribution in [3.05, 3.63) is 34.9 Å². The van der Waals surface area contributed by atoms with E-state index in [2.05, 4.69) is 9.97 Å². The van der Waals surface area contributed by atoms with Crippen molar-refractivity contribution in [3.8, 4) is 11.3 Å². The van der Waals surface area contributed by atoms with Crippen LogP contribution < -0.4 is 0 Å². The van der Waals surface area contributed by atoms with E-state index in [0.717, 1.165) is 29.4 Å². The van der Waals surface area contributed by atoms with Crippen LogP contribution in [0.1, 0.15) is 25.3 Å². The van der Waals surface area contributed by atoms with Crippen LogP contribution in [0.4, 0.5) is 0 Å². The molecule has 0 unspecified atom stereocenters. The van der Waals surface area contributed by atoms with Crippen LogP contribution in [0.25, 0.3) is 11.3 Å². The fourth-order valence-corrected chi connectivity index (χ4v) is 2.84. The lowest BCUT2D eigenvalue weighted by molar-refractivity contribution is -0.130. The van der Waals surface area contributed by atoms with Gasteiger partial charge in [0.2, 0.25) is 5.91 Å². The minimum absolute atomic E-state index is 0.204. The Bertz CT molecular complexity index is 549. The first-order valence-electron chi connectivity index (χ1n) is 6.87. The van der Waals surface area contributed by atoms with Gasteiger partial charge in [-0.05, 0) is 26.0 Å². The summed E-state index contributed by atoms with van der Waals surface area (Å²) in [5, 5.41) is 3.05. The van der Waals surface area contributed by atoms with E-state index < -0.39 is 0 Å². The zero-order valence-electron chi connectivity index (χ0n) is 11.9. The summed E-state index contributed by atoms with van der Waals surface area (Å²) in [4.78, 5) is 22.4. The Morgan fingerprint density at radius 3 is 2.60 bits per heavy atom. The summed E-state index contributed by atoms with van der Waals surface area (Å²) in [7, 11) is 0. The number of amides is 1. The van der Waals surface area contributed by atoms with Gasteiger partial charge in [-0.15, -0.1) is 11.3 Å². The highest BCUT2D eigenvalue weighted by molar-refractivity contribution is 7.09. The average Bonchev–Trinajstić information content (AvgIpc) is 2.96. The lowest BCUT2D eigenvalue weighted by atomic mass is 10.2. The average molecular weight is 289 g/mol. The number of aryl methyl sites for hydroxylation is 1. The molecule has 106 valence electrons. The molecule has 0 atom stereocenters. The van der Waals surface area contributed by atoms with Gasteiger partial charge >= 0.3 is 0 Å². The minimum Gasteiger partial charge on any atom is -0.343 e. The smallest absolute Gasteiger partial charge is 0.222 e. The van der Waals surface area contributed by atoms with Crippen molar-refractivity contribution >= 4 is 17.2 Å². The van der Waals surface area contributed by atoms with Crippen LogP contribution in [0.3, 0.4) is 0 Å². The van der Waals surface area contributed by atoms with E-state index in [1.165, 1.54) is 0 Å². The topological polar surface area (TPSA) is 46.1 Å². The molecule has 0 N–H and O–H groups in total. The van der Waals surface area contributed by atoms with Crippen LogP contribution in [0.5, 0.6) is 0 Å². The van der Waals surface area contributed by atoms with Crippen LogP contribution in [0.15, 0.2) is 29.9 Å². The van der Waals surface area contributed by atoms with Crippen molar-refractivity contribution in [1.82, 2.24) is 14.9 Å². The normalized spacial score (nSPS) is 10.5. The fourth-order valence-electron chi connectivity index (χ4n) is 2.03. The molecule has 0 aliphatic rings. The van der Waals surface area contributed by atoms with E-state index in [1.54, 1.807) is 23.7 Å². The molecule has 20 heavy (non-hydrogen) atoms. The van der Waals surface area contributed by atoms with Crippen molar-refractivity contribution in [3.63, 3.8) is 0 Å². The standard InChI is InChI=1S/C15H19N3OS/c1-3-18(4-2)15(19)6-5-14-17-13(11-20-14)12-7-9-16-10-8-12/h7-11H,3-6H2,1-2H3. The molecule has 0 aliphatic heterocycles. The third-order valence-corrected chi connectivity index (χ3v) is 4.11. The maximum atomic E-state index is 11.9. The first-order valence-corrected chi connectivity index (χ1v) is 7.75. The van der Waals surface area contributed by atoms with Gasteiger partial charge in [-0.1, -0.05) is 0 Å². The molecule has 0 radical (unpaired) electrons. The van der Waals surface area contributed by atoms with Crippen molar-refractivity contribution in [1.29, 1.82) is 0 Å². The molecule has 0 saturated carbocycles. The SMILES string of the molecule is CCN(CC)C(=O)CCc1nc(-c2ccncc2)cs1. The van der Waals surface area contributed by atoms with Gasteiger partial charge in [0.05, 0.1) is 10.7 Å². The first kappa shape index (κ1) is 14.7. The molecule has 5 heteroatoms. The largest absolute Gasteiger partial charge is 0.343 e. The molecular weight excluding hydrogens is 270 g/mol. The van der Waals surface area contributed by atoms with E-state index >= 15 is 0 Å². The Balaban J connectivity index is 1.95. The minimum atomic E-state index is 0.204. The predicted octanol–water partition coefficient (Wildman–Crippen LogP) is 3.01. The first-order chi connectivity index (χ1) is 9.74. The third kappa shape index (κ3) is 3.63. The number of carbonyl (C=O) groups excluding carboxylic acids is 1. The Morgan fingerprint density at radius 1 is 1.25 bits per heavy atom. The lowest BCUT2D eigenvalue weighted by Gasteiger charge is -2.17. The van der Waals surface area contributed by atoms with Gasteiger partial charge in [0, 0.05) is 49.3 Å². The van der Waals surface area contributed by atoms with Gasteiger partial charge in [-0.3, -0.25) is 9.78 Å². The lowest BCUT2D eigenvalue weighted by Crippen LogP contribution is -2.30. The van der Waals surface area contributed by atoms with E-state index in [1.807, 2.05) is 36.3 Å². The Morgan fingerprint density at radius 2 is 1.95 bits per heavy atom. The van der Waals surface area contributed by atoms with Crippen LogP contribution >= 0.6 is 11.3 Å². The highest BCUT2D eigenvalue weighted by Gasteiger charge is 2.11. The number of hydrogen-bond acceptors (Lipinski definition) is 4. The second-order valence-electron chi connectivity index (χ2n) is 4.43. The number of pyridine rings is 1. The van der Waals surface area contributed by atoms with E-state index in [0.29, 0.717) is 12.8 Å². The molecule has 2 aromatic rings. The monoisotopic (exact) mass is 289 g/mol. The number of aromatic nitrogens is 2. The quantitative estimate of drug-likeness (QED) is 0.821. The molecule has 2 aromatic heterocycles. The second-order valence-corrected chi connectivity index (χ2v) is 5.37. The molecule has 4 nitrogen and oxygen atoms in total. The molecule has 0 saturated heterocycles. The number of nitrogens with zero attached hydrogens (tertiary/aromatic N) is 3. The van der Waals surface area contributed by atoms with Crippen molar-refractivity contribution in [2.24, 2.45) is 0 Å². The van der Waals surface area contributed by atoms with Crippen molar-refractivity contribution in [2.45, 2.75) is 26.7 Å². The summed E-state index contributed by atoms with van der Waals surface area (Å²) in [5.74, 6) is 0.204. The van der Waals surface area contributed by atoms with Crippen LogP contribution in [0, 0.1) is 0 Å². The maximum Gasteiger partial charge on any atom is 0.222 e. The Hall–Kier alpha value is -1.75. The Kier molecular flexibility index (Phi) is 5.24. The predicted molar refractivity (Wildman–Crippen MR) is 81.6 cm³/mol. The maximum absolute atomic E-state index is 11.9. The van der Waals surface area contributed by atoms with Gasteiger partial charge in [-0.2, -0.15) is 0 Å². The van der Waals surface area contributed by atoms with Crippen LogP contribution in [-0.2, 0) is 11.2 Å². The van der Waals surface area contributed by atoms with Crippen molar-refractivity contribution < 1.29 is 4.79 Å². The van der Waals surface area contributed by atoms with Gasteiger partial charge in [0.1, 0.15) is 0 Å². The molecule has 0 bridgehead atoms. The molecule has 2 rings (SSSR count). The molecule has 0 aromatic carbocycles. The third-order valence-electron chi connectivity index (χ3n) is 3.20. The second kappa shape index (κ2) is 7.14. The zero-order valence-corrected chi connectivity index (χ0v) is 12.7. The highest BCUT2D eigenvalue weighted by atomic mass is 32.1. The van der Waals surface area contributed by atoms with Crippen molar-refractivity contribution in [2.75, 3.05) is 13.1 Å². The summed E-state index contributed by atoms with van der Waals surface area (Å²) < 4.78 is 0. The summed E-state index contributed by atoms with van der Waals surface area (Å²) in [6, 6.07) is 3.89. The zero-order chi connectivity index (χ0) is 14.4. The summed E-state index contributed by atoms with van der Waals surface area (Å²) in [6.07, 6.45) is 4.77. The van der Waals surface area contributed by atoms with Gasteiger partial charge in [-0.25, -0.2) is 4.98 Å². The molecule has 1 amide bonds.